The number of carbonyl (C=O) groups is 1. The van der Waals surface area contributed by atoms with Crippen LogP contribution in [-0.2, 0) is 4.79 Å². The first-order valence-electron chi connectivity index (χ1n) is 7.58. The van der Waals surface area contributed by atoms with Crippen molar-refractivity contribution < 1.29 is 4.79 Å². The van der Waals surface area contributed by atoms with E-state index in [2.05, 4.69) is 17.3 Å². The summed E-state index contributed by atoms with van der Waals surface area (Å²) in [7, 11) is 2.24. The predicted octanol–water partition coefficient (Wildman–Crippen LogP) is 2.45. The number of hydrogen-bond donors (Lipinski definition) is 1. The molecule has 108 valence electrons. The number of carbonyl (C=O) groups excluding carboxylic acids is 1. The van der Waals surface area contributed by atoms with Crippen LogP contribution in [0.15, 0.2) is 0 Å². The SMILES string of the molecule is CN(CCCCCNC(=O)CC#N)C1CCCCC1. The molecule has 0 bridgehead atoms. The average Bonchev–Trinajstić information content (AvgIpc) is 2.43. The van der Waals surface area contributed by atoms with Crippen LogP contribution >= 0.6 is 0 Å². The second-order valence-electron chi connectivity index (χ2n) is 5.52. The Morgan fingerprint density at radius 2 is 2.00 bits per heavy atom. The molecule has 4 nitrogen and oxygen atoms in total. The van der Waals surface area contributed by atoms with Gasteiger partial charge in [-0.05, 0) is 39.3 Å². The number of unbranched alkanes of at least 4 members (excludes halogenated alkanes) is 2. The van der Waals surface area contributed by atoms with Gasteiger partial charge in [-0.1, -0.05) is 25.7 Å². The molecule has 0 atom stereocenters. The largest absolute Gasteiger partial charge is 0.355 e. The fourth-order valence-corrected chi connectivity index (χ4v) is 2.73. The van der Waals surface area contributed by atoms with E-state index in [4.69, 9.17) is 5.26 Å². The molecule has 0 spiro atoms. The zero-order valence-corrected chi connectivity index (χ0v) is 12.2. The first-order valence-corrected chi connectivity index (χ1v) is 7.58. The van der Waals surface area contributed by atoms with Gasteiger partial charge < -0.3 is 10.2 Å². The van der Waals surface area contributed by atoms with Gasteiger partial charge in [0.15, 0.2) is 0 Å². The van der Waals surface area contributed by atoms with Gasteiger partial charge in [-0.2, -0.15) is 5.26 Å². The Hall–Kier alpha value is -1.08. The van der Waals surface area contributed by atoms with Gasteiger partial charge in [-0.3, -0.25) is 4.79 Å². The second-order valence-corrected chi connectivity index (χ2v) is 5.52. The van der Waals surface area contributed by atoms with Crippen molar-refractivity contribution in [2.75, 3.05) is 20.1 Å². The molecular weight excluding hydrogens is 238 g/mol. The standard InChI is InChI=1S/C15H27N3O/c1-18(14-8-4-2-5-9-14)13-7-3-6-12-17-15(19)10-11-16/h14H,2-10,12-13H2,1H3,(H,17,19). The van der Waals surface area contributed by atoms with Crippen LogP contribution in [0.25, 0.3) is 0 Å². The van der Waals surface area contributed by atoms with Crippen LogP contribution in [0.3, 0.4) is 0 Å². The summed E-state index contributed by atoms with van der Waals surface area (Å²) in [5.74, 6) is -0.151. The summed E-state index contributed by atoms with van der Waals surface area (Å²) in [5.41, 5.74) is 0. The first-order chi connectivity index (χ1) is 9.24. The van der Waals surface area contributed by atoms with E-state index in [0.29, 0.717) is 6.54 Å². The summed E-state index contributed by atoms with van der Waals surface area (Å²) in [6.07, 6.45) is 10.2. The van der Waals surface area contributed by atoms with Crippen molar-refractivity contribution in [3.63, 3.8) is 0 Å². The highest BCUT2D eigenvalue weighted by Gasteiger charge is 2.16. The smallest absolute Gasteiger partial charge is 0.234 e. The lowest BCUT2D eigenvalue weighted by Crippen LogP contribution is -2.34. The molecule has 1 aliphatic rings. The van der Waals surface area contributed by atoms with Gasteiger partial charge in [0.25, 0.3) is 0 Å². The van der Waals surface area contributed by atoms with Crippen LogP contribution in [0, 0.1) is 11.3 Å². The molecule has 0 unspecified atom stereocenters. The van der Waals surface area contributed by atoms with Gasteiger partial charge >= 0.3 is 0 Å². The lowest BCUT2D eigenvalue weighted by Gasteiger charge is -2.31. The quantitative estimate of drug-likeness (QED) is 0.686. The van der Waals surface area contributed by atoms with Gasteiger partial charge in [-0.25, -0.2) is 0 Å². The van der Waals surface area contributed by atoms with Crippen LogP contribution in [0.5, 0.6) is 0 Å². The molecule has 0 aliphatic heterocycles. The molecule has 1 N–H and O–H groups in total. The molecule has 19 heavy (non-hydrogen) atoms. The summed E-state index contributed by atoms with van der Waals surface area (Å²) in [4.78, 5) is 13.6. The Morgan fingerprint density at radius 1 is 1.26 bits per heavy atom. The van der Waals surface area contributed by atoms with Gasteiger partial charge in [0.1, 0.15) is 6.42 Å². The molecule has 1 amide bonds. The van der Waals surface area contributed by atoms with E-state index in [0.717, 1.165) is 25.4 Å². The van der Waals surface area contributed by atoms with Crippen molar-refractivity contribution in [3.05, 3.63) is 0 Å². The fourth-order valence-electron chi connectivity index (χ4n) is 2.73. The van der Waals surface area contributed by atoms with E-state index in [1.54, 1.807) is 0 Å². The Morgan fingerprint density at radius 3 is 2.68 bits per heavy atom. The summed E-state index contributed by atoms with van der Waals surface area (Å²) in [6.45, 7) is 1.87. The number of nitriles is 1. The Labute approximate surface area is 117 Å². The Bertz CT molecular complexity index is 292. The molecule has 1 rings (SSSR count). The number of hydrogen-bond acceptors (Lipinski definition) is 3. The molecule has 1 aliphatic carbocycles. The highest BCUT2D eigenvalue weighted by Crippen LogP contribution is 2.21. The molecule has 0 aromatic carbocycles. The lowest BCUT2D eigenvalue weighted by molar-refractivity contribution is -0.120. The van der Waals surface area contributed by atoms with Crippen molar-refractivity contribution in [1.29, 1.82) is 5.26 Å². The summed E-state index contributed by atoms with van der Waals surface area (Å²) in [5, 5.41) is 11.1. The molecule has 1 saturated carbocycles. The van der Waals surface area contributed by atoms with Crippen molar-refractivity contribution in [2.45, 2.75) is 63.8 Å². The van der Waals surface area contributed by atoms with Crippen molar-refractivity contribution in [2.24, 2.45) is 0 Å². The van der Waals surface area contributed by atoms with Gasteiger partial charge in [0.05, 0.1) is 6.07 Å². The third kappa shape index (κ3) is 7.17. The lowest BCUT2D eigenvalue weighted by atomic mass is 9.94. The maximum atomic E-state index is 11.0. The van der Waals surface area contributed by atoms with E-state index in [1.807, 2.05) is 6.07 Å². The number of amides is 1. The van der Waals surface area contributed by atoms with Crippen LogP contribution in [0.2, 0.25) is 0 Å². The summed E-state index contributed by atoms with van der Waals surface area (Å²) in [6, 6.07) is 2.65. The third-order valence-electron chi connectivity index (χ3n) is 3.95. The molecule has 0 saturated heterocycles. The summed E-state index contributed by atoms with van der Waals surface area (Å²) < 4.78 is 0. The normalized spacial score (nSPS) is 16.3. The van der Waals surface area contributed by atoms with Gasteiger partial charge in [-0.15, -0.1) is 0 Å². The molecule has 0 radical (unpaired) electrons. The maximum Gasteiger partial charge on any atom is 0.234 e. The molecule has 4 heteroatoms. The van der Waals surface area contributed by atoms with Crippen LogP contribution in [0.4, 0.5) is 0 Å². The molecular formula is C15H27N3O. The minimum Gasteiger partial charge on any atom is -0.355 e. The van der Waals surface area contributed by atoms with Crippen molar-refractivity contribution >= 4 is 5.91 Å². The van der Waals surface area contributed by atoms with Crippen LogP contribution in [-0.4, -0.2) is 37.0 Å². The highest BCUT2D eigenvalue weighted by molar-refractivity contribution is 5.77. The Balaban J connectivity index is 1.95. The van der Waals surface area contributed by atoms with E-state index >= 15 is 0 Å². The van der Waals surface area contributed by atoms with E-state index in [1.165, 1.54) is 38.5 Å². The monoisotopic (exact) mass is 265 g/mol. The van der Waals surface area contributed by atoms with Crippen LogP contribution < -0.4 is 5.32 Å². The number of nitrogens with zero attached hydrogens (tertiary/aromatic N) is 2. The van der Waals surface area contributed by atoms with Crippen LogP contribution in [0.1, 0.15) is 57.8 Å². The average molecular weight is 265 g/mol. The van der Waals surface area contributed by atoms with E-state index < -0.39 is 0 Å². The summed E-state index contributed by atoms with van der Waals surface area (Å²) >= 11 is 0. The molecule has 0 aromatic rings. The minimum atomic E-state index is -0.151. The van der Waals surface area contributed by atoms with E-state index in [-0.39, 0.29) is 12.3 Å². The Kier molecular flexibility index (Phi) is 8.24. The topological polar surface area (TPSA) is 56.1 Å². The second kappa shape index (κ2) is 9.80. The number of nitrogens with one attached hydrogen (secondary N) is 1. The van der Waals surface area contributed by atoms with Gasteiger partial charge in [0.2, 0.25) is 5.91 Å². The molecule has 0 aromatic heterocycles. The van der Waals surface area contributed by atoms with Crippen molar-refractivity contribution in [3.8, 4) is 6.07 Å². The maximum absolute atomic E-state index is 11.0. The first kappa shape index (κ1) is 16.0. The molecule has 1 fully saturated rings. The third-order valence-corrected chi connectivity index (χ3v) is 3.95. The zero-order chi connectivity index (χ0) is 13.9. The van der Waals surface area contributed by atoms with Crippen molar-refractivity contribution in [1.82, 2.24) is 10.2 Å². The van der Waals surface area contributed by atoms with E-state index in [9.17, 15) is 4.79 Å². The van der Waals surface area contributed by atoms with Gasteiger partial charge in [0, 0.05) is 12.6 Å². The molecule has 0 heterocycles. The highest BCUT2D eigenvalue weighted by atomic mass is 16.1. The number of rotatable bonds is 8. The minimum absolute atomic E-state index is 0.0234. The fraction of sp³-hybridized carbons (Fsp3) is 0.867. The predicted molar refractivity (Wildman–Crippen MR) is 76.6 cm³/mol. The zero-order valence-electron chi connectivity index (χ0n) is 12.2.